The zero-order chi connectivity index (χ0) is 53.6. The van der Waals surface area contributed by atoms with Crippen LogP contribution in [0.5, 0.6) is 0 Å². The van der Waals surface area contributed by atoms with Gasteiger partial charge in [-0.2, -0.15) is 0 Å². The van der Waals surface area contributed by atoms with Gasteiger partial charge in [0.2, 0.25) is 0 Å². The van der Waals surface area contributed by atoms with E-state index in [4.69, 9.17) is 14.2 Å². The highest BCUT2D eigenvalue weighted by Gasteiger charge is 2.19. The number of rotatable bonds is 61. The minimum absolute atomic E-state index is 0.0765. The third-order valence-corrected chi connectivity index (χ3v) is 14.9. The highest BCUT2D eigenvalue weighted by atomic mass is 16.6. The molecule has 434 valence electrons. The summed E-state index contributed by atoms with van der Waals surface area (Å²) in [5.41, 5.74) is 0. The fraction of sp³-hybridized carbons (Fsp3) is 0.868. The largest absolute Gasteiger partial charge is 0.462 e. The van der Waals surface area contributed by atoms with Gasteiger partial charge in [-0.05, 0) is 77.0 Å². The number of hydrogen-bond acceptors (Lipinski definition) is 6. The predicted octanol–water partition coefficient (Wildman–Crippen LogP) is 22.4. The Morgan fingerprint density at radius 3 is 0.784 bits per heavy atom. The summed E-state index contributed by atoms with van der Waals surface area (Å²) in [6.07, 6.45) is 77.4. The van der Waals surface area contributed by atoms with Gasteiger partial charge in [-0.15, -0.1) is 0 Å². The molecule has 0 saturated heterocycles. The molecule has 0 heterocycles. The lowest BCUT2D eigenvalue weighted by Gasteiger charge is -2.18. The summed E-state index contributed by atoms with van der Waals surface area (Å²) in [4.78, 5) is 38.3. The van der Waals surface area contributed by atoms with Gasteiger partial charge in [-0.3, -0.25) is 14.4 Å². The first-order valence-electron chi connectivity index (χ1n) is 33.0. The lowest BCUT2D eigenvalue weighted by atomic mass is 10.0. The van der Waals surface area contributed by atoms with Crippen molar-refractivity contribution in [1.82, 2.24) is 0 Å². The van der Waals surface area contributed by atoms with Crippen molar-refractivity contribution in [2.24, 2.45) is 0 Å². The average Bonchev–Trinajstić information content (AvgIpc) is 3.40. The zero-order valence-electron chi connectivity index (χ0n) is 49.9. The van der Waals surface area contributed by atoms with Gasteiger partial charge in [0.1, 0.15) is 13.2 Å². The number of esters is 3. The van der Waals surface area contributed by atoms with E-state index in [1.54, 1.807) is 0 Å². The maximum atomic E-state index is 12.9. The van der Waals surface area contributed by atoms with Crippen LogP contribution in [-0.4, -0.2) is 37.2 Å². The number of unbranched alkanes of at least 4 members (excludes halogenated alkanes) is 44. The van der Waals surface area contributed by atoms with Crippen LogP contribution in [0.3, 0.4) is 0 Å². The minimum atomic E-state index is -0.781. The van der Waals surface area contributed by atoms with Crippen LogP contribution < -0.4 is 0 Å². The van der Waals surface area contributed by atoms with E-state index in [2.05, 4.69) is 57.2 Å². The fourth-order valence-corrected chi connectivity index (χ4v) is 9.88. The molecule has 0 amide bonds. The van der Waals surface area contributed by atoms with Crippen molar-refractivity contribution >= 4 is 17.9 Å². The molecule has 0 saturated carbocycles. The first kappa shape index (κ1) is 71.6. The Morgan fingerprint density at radius 2 is 0.486 bits per heavy atom. The molecule has 0 radical (unpaired) electrons. The van der Waals surface area contributed by atoms with Crippen LogP contribution >= 0.6 is 0 Å². The summed E-state index contributed by atoms with van der Waals surface area (Å²) < 4.78 is 16.9. The van der Waals surface area contributed by atoms with Crippen molar-refractivity contribution in [1.29, 1.82) is 0 Å². The molecule has 0 aliphatic heterocycles. The Balaban J connectivity index is 4.23. The highest BCUT2D eigenvalue weighted by Crippen LogP contribution is 2.18. The number of carbonyl (C=O) groups is 3. The van der Waals surface area contributed by atoms with E-state index in [0.29, 0.717) is 19.3 Å². The van der Waals surface area contributed by atoms with Gasteiger partial charge in [-0.25, -0.2) is 0 Å². The number of carbonyl (C=O) groups excluding carboxylic acids is 3. The molecule has 0 bridgehead atoms. The molecule has 0 aliphatic carbocycles. The Morgan fingerprint density at radius 1 is 0.270 bits per heavy atom. The van der Waals surface area contributed by atoms with Gasteiger partial charge < -0.3 is 14.2 Å². The van der Waals surface area contributed by atoms with Crippen LogP contribution in [0.15, 0.2) is 36.5 Å². The molecule has 0 fully saturated rings. The monoisotopic (exact) mass is 1040 g/mol. The lowest BCUT2D eigenvalue weighted by molar-refractivity contribution is -0.167. The first-order valence-corrected chi connectivity index (χ1v) is 33.0. The third-order valence-electron chi connectivity index (χ3n) is 14.9. The average molecular weight is 1040 g/mol. The molecule has 0 spiro atoms. The molecule has 0 N–H and O–H groups in total. The summed E-state index contributed by atoms with van der Waals surface area (Å²) in [6, 6.07) is 0. The first-order chi connectivity index (χ1) is 36.5. The molecule has 6 heteroatoms. The summed E-state index contributed by atoms with van der Waals surface area (Å²) in [5, 5.41) is 0. The van der Waals surface area contributed by atoms with E-state index in [1.165, 1.54) is 231 Å². The molecule has 0 aromatic rings. The number of allylic oxidation sites excluding steroid dienone is 6. The number of ether oxygens (including phenoxy) is 3. The third kappa shape index (κ3) is 60.5. The molecular weight excluding hydrogens is 913 g/mol. The molecular formula is C68H126O6. The summed E-state index contributed by atoms with van der Waals surface area (Å²) in [5.74, 6) is -0.876. The minimum Gasteiger partial charge on any atom is -0.462 e. The van der Waals surface area contributed by atoms with E-state index in [0.717, 1.165) is 89.9 Å². The van der Waals surface area contributed by atoms with Crippen LogP contribution in [0.4, 0.5) is 0 Å². The Kier molecular flexibility index (Phi) is 61.1. The second kappa shape index (κ2) is 63.2. The summed E-state index contributed by atoms with van der Waals surface area (Å²) in [7, 11) is 0. The molecule has 1 unspecified atom stereocenters. The van der Waals surface area contributed by atoms with Crippen molar-refractivity contribution in [3.63, 3.8) is 0 Å². The molecule has 0 aromatic heterocycles. The topological polar surface area (TPSA) is 78.9 Å². The van der Waals surface area contributed by atoms with E-state index < -0.39 is 6.10 Å². The highest BCUT2D eigenvalue weighted by molar-refractivity contribution is 5.71. The predicted molar refractivity (Wildman–Crippen MR) is 321 cm³/mol. The molecule has 6 nitrogen and oxygen atoms in total. The van der Waals surface area contributed by atoms with E-state index >= 15 is 0 Å². The van der Waals surface area contributed by atoms with Gasteiger partial charge in [0, 0.05) is 19.3 Å². The second-order valence-electron chi connectivity index (χ2n) is 22.4. The van der Waals surface area contributed by atoms with Gasteiger partial charge in [0.25, 0.3) is 0 Å². The quantitative estimate of drug-likeness (QED) is 0.0261. The number of hydrogen-bond donors (Lipinski definition) is 0. The van der Waals surface area contributed by atoms with Crippen molar-refractivity contribution in [3.8, 4) is 0 Å². The van der Waals surface area contributed by atoms with Crippen LogP contribution in [0.2, 0.25) is 0 Å². The maximum absolute atomic E-state index is 12.9. The maximum Gasteiger partial charge on any atom is 0.306 e. The molecule has 1 atom stereocenters. The van der Waals surface area contributed by atoms with Crippen molar-refractivity contribution in [3.05, 3.63) is 36.5 Å². The molecule has 74 heavy (non-hydrogen) atoms. The molecule has 0 aromatic carbocycles. The van der Waals surface area contributed by atoms with Gasteiger partial charge in [0.15, 0.2) is 6.10 Å². The van der Waals surface area contributed by atoms with Crippen LogP contribution in [0, 0.1) is 0 Å². The second-order valence-corrected chi connectivity index (χ2v) is 22.4. The summed E-state index contributed by atoms with van der Waals surface area (Å²) >= 11 is 0. The SMILES string of the molecule is CCCCC/C=C\C/C=C\CCCCCCCC(=O)OC(COC(=O)CCCCCCC/C=C\CCCCCCCC)COC(=O)CCCCCCCCCCCCCCCCCCCCCCCCCCCC. The Hall–Kier alpha value is -2.37. The van der Waals surface area contributed by atoms with Crippen molar-refractivity contribution < 1.29 is 28.6 Å². The van der Waals surface area contributed by atoms with Crippen LogP contribution in [-0.2, 0) is 28.6 Å². The van der Waals surface area contributed by atoms with E-state index in [1.807, 2.05) is 0 Å². The molecule has 0 aliphatic rings. The van der Waals surface area contributed by atoms with E-state index in [-0.39, 0.29) is 31.1 Å². The van der Waals surface area contributed by atoms with Gasteiger partial charge in [0.05, 0.1) is 0 Å². The summed E-state index contributed by atoms with van der Waals surface area (Å²) in [6.45, 7) is 6.65. The van der Waals surface area contributed by atoms with Crippen LogP contribution in [0.1, 0.15) is 361 Å². The normalized spacial score (nSPS) is 12.2. The molecule has 0 rings (SSSR count). The van der Waals surface area contributed by atoms with Gasteiger partial charge in [-0.1, -0.05) is 301 Å². The smallest absolute Gasteiger partial charge is 0.306 e. The Bertz CT molecular complexity index is 1240. The zero-order valence-corrected chi connectivity index (χ0v) is 49.9. The van der Waals surface area contributed by atoms with E-state index in [9.17, 15) is 14.4 Å². The van der Waals surface area contributed by atoms with Crippen molar-refractivity contribution in [2.45, 2.75) is 367 Å². The standard InChI is InChI=1S/C68H126O6/c1-4-7-10-13-16-19-22-25-28-29-30-31-32-33-34-35-36-37-38-41-43-46-49-52-55-58-61-67(70)73-64-65(74-68(71)62-59-56-53-50-47-44-40-27-24-21-18-15-12-9-6-3)63-72-66(69)60-57-54-51-48-45-42-39-26-23-20-17-14-11-8-5-2/h18,21,26-27,39-40,65H,4-17,19-20,22-25,28-38,41-64H2,1-3H3/b21-18-,39-26-,40-27-. The fourth-order valence-electron chi connectivity index (χ4n) is 9.88. The Labute approximate surface area is 461 Å². The van der Waals surface area contributed by atoms with Crippen molar-refractivity contribution in [2.75, 3.05) is 13.2 Å². The van der Waals surface area contributed by atoms with Gasteiger partial charge >= 0.3 is 17.9 Å². The van der Waals surface area contributed by atoms with Crippen LogP contribution in [0.25, 0.3) is 0 Å². The lowest BCUT2D eigenvalue weighted by Crippen LogP contribution is -2.30.